The summed E-state index contributed by atoms with van der Waals surface area (Å²) < 4.78 is 6.72. The number of pyridine rings is 1. The van der Waals surface area contributed by atoms with Crippen LogP contribution in [0.25, 0.3) is 10.8 Å². The van der Waals surface area contributed by atoms with Crippen LogP contribution in [0.5, 0.6) is 5.75 Å². The van der Waals surface area contributed by atoms with Crippen molar-refractivity contribution in [2.45, 2.75) is 53.1 Å². The average molecular weight is 554 g/mol. The van der Waals surface area contributed by atoms with Gasteiger partial charge in [-0.3, -0.25) is 20.7 Å². The Labute approximate surface area is 232 Å². The van der Waals surface area contributed by atoms with Crippen molar-refractivity contribution in [1.29, 1.82) is 0 Å². The van der Waals surface area contributed by atoms with Crippen molar-refractivity contribution in [3.05, 3.63) is 77.2 Å². The normalized spacial score (nSPS) is 10.3. The molecule has 0 aliphatic rings. The van der Waals surface area contributed by atoms with Crippen LogP contribution in [0.2, 0.25) is 0 Å². The summed E-state index contributed by atoms with van der Waals surface area (Å²) >= 11 is 0. The minimum Gasteiger partial charge on any atom is -0.542 e. The first-order valence-electron chi connectivity index (χ1n) is 11.5. The molecule has 1 amide bonds. The summed E-state index contributed by atoms with van der Waals surface area (Å²) in [5, 5.41) is 3.90. The van der Waals surface area contributed by atoms with Crippen LogP contribution in [0.4, 0.5) is 0 Å². The number of benzene rings is 2. The van der Waals surface area contributed by atoms with E-state index in [1.54, 1.807) is 54.9 Å². The van der Waals surface area contributed by atoms with Gasteiger partial charge in [0.05, 0.1) is 6.04 Å². The second kappa shape index (κ2) is 18.7. The number of nitrogens with zero attached hydrogens (tertiary/aromatic N) is 1. The fourth-order valence-electron chi connectivity index (χ4n) is 3.04. The Kier molecular flexibility index (Phi) is 17.3. The van der Waals surface area contributed by atoms with E-state index in [2.05, 4.69) is 5.32 Å². The monoisotopic (exact) mass is 554 g/mol. The Hall–Kier alpha value is -2.64. The Bertz CT molecular complexity index is 1100. The number of carbonyl (C=O) groups excluding carboxylic acids is 3. The summed E-state index contributed by atoms with van der Waals surface area (Å²) in [5.74, 6) is -0.342. The maximum atomic E-state index is 12.6. The Morgan fingerprint density at radius 3 is 2.26 bits per heavy atom. The van der Waals surface area contributed by atoms with Crippen LogP contribution in [-0.4, -0.2) is 35.2 Å². The smallest absolute Gasteiger partial charge is 0.258 e. The molecular formula is C27H33N2O5Y-. The first-order chi connectivity index (χ1) is 16.6. The van der Waals surface area contributed by atoms with E-state index in [0.717, 1.165) is 5.39 Å². The number of nitrogens with one attached hydrogen (secondary N) is 1. The zero-order valence-corrected chi connectivity index (χ0v) is 23.7. The van der Waals surface area contributed by atoms with E-state index < -0.39 is 11.9 Å². The maximum absolute atomic E-state index is 12.6. The second-order valence-corrected chi connectivity index (χ2v) is 6.71. The number of aromatic nitrogens is 1. The van der Waals surface area contributed by atoms with Crippen molar-refractivity contribution in [1.82, 2.24) is 9.88 Å². The number of hydrogen-bond donors (Lipinski definition) is 1. The van der Waals surface area contributed by atoms with Gasteiger partial charge in [0.1, 0.15) is 18.9 Å². The van der Waals surface area contributed by atoms with E-state index >= 15 is 0 Å². The summed E-state index contributed by atoms with van der Waals surface area (Å²) in [6.45, 7) is 7.52. The molecule has 1 N–H and O–H groups in total. The number of para-hydroxylation sites is 1. The number of Topliss-reactive ketones (excluding diaryl/α,β-unsaturated/α-hetero) is 1. The standard InChI is InChI=1S/C23H21N2O5.2C2H6.Y/c26-14-6-11-20(21(27)16-30-18-8-2-1-3-9-18)24-22(28)15-25-13-12-17-7-4-5-10-19(17)23(25)29;2*1-2;/h1-5,7-10,12-13,20H,6,11,15-16H2,(H,24,28);2*1-2H3;/q-1;;;. The minimum absolute atomic E-state index is 0. The Morgan fingerprint density at radius 1 is 0.971 bits per heavy atom. The van der Waals surface area contributed by atoms with Crippen LogP contribution in [0.15, 0.2) is 71.7 Å². The topological polar surface area (TPSA) is 94.5 Å². The number of ketones is 1. The van der Waals surface area contributed by atoms with Crippen molar-refractivity contribution >= 4 is 28.7 Å². The fourth-order valence-corrected chi connectivity index (χ4v) is 3.04. The van der Waals surface area contributed by atoms with Gasteiger partial charge in [-0.2, -0.15) is 6.42 Å². The molecule has 1 heterocycles. The van der Waals surface area contributed by atoms with E-state index in [9.17, 15) is 19.2 Å². The zero-order chi connectivity index (χ0) is 25.3. The molecule has 7 nitrogen and oxygen atoms in total. The summed E-state index contributed by atoms with van der Waals surface area (Å²) in [6.07, 6.45) is 3.38. The van der Waals surface area contributed by atoms with Gasteiger partial charge in [-0.05, 0) is 36.1 Å². The fraction of sp³-hybridized carbons (Fsp3) is 0.333. The molecule has 0 aliphatic heterocycles. The van der Waals surface area contributed by atoms with E-state index in [0.29, 0.717) is 11.1 Å². The number of amides is 1. The quantitative estimate of drug-likeness (QED) is 0.382. The van der Waals surface area contributed by atoms with Crippen LogP contribution in [-0.2, 0) is 53.6 Å². The van der Waals surface area contributed by atoms with Gasteiger partial charge >= 0.3 is 0 Å². The molecule has 1 radical (unpaired) electrons. The predicted molar refractivity (Wildman–Crippen MR) is 135 cm³/mol. The molecule has 1 atom stereocenters. The molecule has 0 bridgehead atoms. The second-order valence-electron chi connectivity index (χ2n) is 6.71. The third-order valence-electron chi connectivity index (χ3n) is 4.58. The molecule has 1 aromatic heterocycles. The average Bonchev–Trinajstić information content (AvgIpc) is 2.90. The number of carbonyl (C=O) groups is 2. The van der Waals surface area contributed by atoms with Gasteiger partial charge in [-0.25, -0.2) is 0 Å². The molecule has 1 unspecified atom stereocenters. The number of fused-ring (bicyclic) bond motifs is 1. The molecule has 3 aromatic rings. The summed E-state index contributed by atoms with van der Waals surface area (Å²) in [4.78, 5) is 48.2. The van der Waals surface area contributed by atoms with Crippen molar-refractivity contribution in [2.75, 3.05) is 6.61 Å². The van der Waals surface area contributed by atoms with E-state index in [-0.39, 0.29) is 70.0 Å². The van der Waals surface area contributed by atoms with Crippen molar-refractivity contribution in [3.8, 4) is 5.75 Å². The van der Waals surface area contributed by atoms with Gasteiger partial charge in [0, 0.05) is 44.3 Å². The Morgan fingerprint density at radius 2 is 1.60 bits per heavy atom. The molecular weight excluding hydrogens is 521 g/mol. The van der Waals surface area contributed by atoms with E-state index in [4.69, 9.17) is 4.74 Å². The molecule has 8 heteroatoms. The van der Waals surface area contributed by atoms with Crippen LogP contribution in [0.3, 0.4) is 0 Å². The molecule has 3 rings (SSSR count). The molecule has 0 aliphatic carbocycles. The largest absolute Gasteiger partial charge is 0.542 e. The molecule has 0 spiro atoms. The maximum Gasteiger partial charge on any atom is 0.258 e. The number of hydrogen-bond acceptors (Lipinski definition) is 5. The number of ether oxygens (including phenoxy) is 1. The predicted octanol–water partition coefficient (Wildman–Crippen LogP) is 4.07. The summed E-state index contributed by atoms with van der Waals surface area (Å²) in [5.41, 5.74) is -0.292. The molecule has 185 valence electrons. The van der Waals surface area contributed by atoms with Gasteiger partial charge in [-0.1, -0.05) is 64.1 Å². The molecule has 2 aromatic carbocycles. The molecule has 0 saturated carbocycles. The minimum atomic E-state index is -0.904. The van der Waals surface area contributed by atoms with Crippen LogP contribution >= 0.6 is 0 Å². The summed E-state index contributed by atoms with van der Waals surface area (Å²) in [6, 6.07) is 16.8. The van der Waals surface area contributed by atoms with Crippen LogP contribution in [0, 0.1) is 0 Å². The third-order valence-corrected chi connectivity index (χ3v) is 4.58. The number of rotatable bonds is 10. The van der Waals surface area contributed by atoms with Crippen molar-refractivity contribution in [2.24, 2.45) is 0 Å². The SMILES string of the molecule is CC.CC.O=[C-]CCC(NC(=O)Cn1ccc2ccccc2c1=O)C(=O)COc1ccccc1.[Y]. The first-order valence-corrected chi connectivity index (χ1v) is 11.5. The van der Waals surface area contributed by atoms with E-state index in [1.165, 1.54) is 4.57 Å². The molecule has 0 saturated heterocycles. The molecule has 0 fully saturated rings. The van der Waals surface area contributed by atoms with Crippen LogP contribution in [0.1, 0.15) is 40.5 Å². The van der Waals surface area contributed by atoms with Gasteiger partial charge in [0.25, 0.3) is 5.56 Å². The van der Waals surface area contributed by atoms with Gasteiger partial charge in [0.15, 0.2) is 5.78 Å². The summed E-state index contributed by atoms with van der Waals surface area (Å²) in [7, 11) is 0. The Balaban J connectivity index is 0.00000220. The molecule has 35 heavy (non-hydrogen) atoms. The first kappa shape index (κ1) is 32.4. The zero-order valence-electron chi connectivity index (χ0n) is 20.8. The van der Waals surface area contributed by atoms with Gasteiger partial charge < -0.3 is 19.4 Å². The van der Waals surface area contributed by atoms with Crippen LogP contribution < -0.4 is 15.6 Å². The van der Waals surface area contributed by atoms with Crippen molar-refractivity contribution in [3.63, 3.8) is 0 Å². The van der Waals surface area contributed by atoms with Crippen molar-refractivity contribution < 1.29 is 51.8 Å². The van der Waals surface area contributed by atoms with Gasteiger partial charge in [0.2, 0.25) is 5.91 Å². The van der Waals surface area contributed by atoms with E-state index in [1.807, 2.05) is 45.9 Å². The van der Waals surface area contributed by atoms with Gasteiger partial charge in [-0.15, -0.1) is 0 Å². The third kappa shape index (κ3) is 10.7.